The first-order valence-corrected chi connectivity index (χ1v) is 5.82. The van der Waals surface area contributed by atoms with Gasteiger partial charge >= 0.3 is 0 Å². The van der Waals surface area contributed by atoms with E-state index in [0.717, 1.165) is 25.9 Å². The van der Waals surface area contributed by atoms with Crippen LogP contribution in [-0.4, -0.2) is 41.9 Å². The Kier molecular flexibility index (Phi) is 4.29. The van der Waals surface area contributed by atoms with Crippen molar-refractivity contribution in [1.29, 1.82) is 0 Å². The Bertz CT molecular complexity index is 270. The van der Waals surface area contributed by atoms with E-state index in [2.05, 4.69) is 5.32 Å². The molecular formula is C11H21N3O2. The zero-order valence-corrected chi connectivity index (χ0v) is 10.1. The van der Waals surface area contributed by atoms with Crippen LogP contribution in [0, 0.1) is 0 Å². The molecule has 1 saturated heterocycles. The molecule has 0 saturated carbocycles. The molecule has 0 spiro atoms. The second-order valence-corrected chi connectivity index (χ2v) is 4.54. The van der Waals surface area contributed by atoms with Gasteiger partial charge in [-0.2, -0.15) is 0 Å². The summed E-state index contributed by atoms with van der Waals surface area (Å²) in [5.74, 6) is -0.277. The topological polar surface area (TPSA) is 75.4 Å². The van der Waals surface area contributed by atoms with Crippen LogP contribution in [-0.2, 0) is 9.59 Å². The van der Waals surface area contributed by atoms with Crippen LogP contribution in [0.25, 0.3) is 0 Å². The van der Waals surface area contributed by atoms with E-state index in [4.69, 9.17) is 5.73 Å². The van der Waals surface area contributed by atoms with E-state index >= 15 is 0 Å². The first kappa shape index (κ1) is 13.0. The summed E-state index contributed by atoms with van der Waals surface area (Å²) in [6.07, 6.45) is 2.67. The minimum atomic E-state index is -0.884. The third-order valence-electron chi connectivity index (χ3n) is 3.11. The molecule has 1 rings (SSSR count). The molecule has 0 aromatic heterocycles. The molecule has 3 N–H and O–H groups in total. The lowest BCUT2D eigenvalue weighted by atomic mass is 10.00. The zero-order valence-electron chi connectivity index (χ0n) is 10.1. The van der Waals surface area contributed by atoms with Gasteiger partial charge in [0.05, 0.1) is 12.1 Å². The second kappa shape index (κ2) is 5.30. The van der Waals surface area contributed by atoms with Crippen molar-refractivity contribution in [3.63, 3.8) is 0 Å². The molecule has 1 aliphatic rings. The molecule has 0 aliphatic carbocycles. The summed E-state index contributed by atoms with van der Waals surface area (Å²) >= 11 is 0. The first-order valence-electron chi connectivity index (χ1n) is 5.82. The average Bonchev–Trinajstić information content (AvgIpc) is 2.78. The van der Waals surface area contributed by atoms with Crippen molar-refractivity contribution in [2.45, 2.75) is 38.6 Å². The third-order valence-corrected chi connectivity index (χ3v) is 3.11. The van der Waals surface area contributed by atoms with Gasteiger partial charge < -0.3 is 16.0 Å². The van der Waals surface area contributed by atoms with E-state index < -0.39 is 5.54 Å². The number of nitrogens with two attached hydrogens (primary N) is 1. The molecule has 1 unspecified atom stereocenters. The Labute approximate surface area is 96.4 Å². The second-order valence-electron chi connectivity index (χ2n) is 4.54. The molecule has 5 nitrogen and oxygen atoms in total. The van der Waals surface area contributed by atoms with Crippen LogP contribution in [0.4, 0.5) is 0 Å². The van der Waals surface area contributed by atoms with Crippen LogP contribution >= 0.6 is 0 Å². The number of amides is 2. The maximum absolute atomic E-state index is 11.6. The molecule has 1 heterocycles. The minimum Gasteiger partial charge on any atom is -0.345 e. The van der Waals surface area contributed by atoms with Gasteiger partial charge in [-0.3, -0.25) is 9.59 Å². The number of carbonyl (C=O) groups is 2. The molecule has 92 valence electrons. The lowest BCUT2D eigenvalue weighted by Crippen LogP contribution is -2.53. The normalized spacial score (nSPS) is 19.3. The summed E-state index contributed by atoms with van der Waals surface area (Å²) in [5, 5.41) is 2.60. The van der Waals surface area contributed by atoms with Crippen LogP contribution in [0.2, 0.25) is 0 Å². The quantitative estimate of drug-likeness (QED) is 0.701. The van der Waals surface area contributed by atoms with Gasteiger partial charge in [0.1, 0.15) is 0 Å². The fourth-order valence-corrected chi connectivity index (χ4v) is 1.60. The van der Waals surface area contributed by atoms with Crippen LogP contribution in [0.3, 0.4) is 0 Å². The number of carbonyl (C=O) groups excluding carboxylic acids is 2. The average molecular weight is 227 g/mol. The van der Waals surface area contributed by atoms with Crippen molar-refractivity contribution in [1.82, 2.24) is 10.2 Å². The fourth-order valence-electron chi connectivity index (χ4n) is 1.60. The molecule has 1 aliphatic heterocycles. The molecule has 0 aromatic rings. The SMILES string of the molecule is CCC(C)(N)C(=O)NCC(=O)N1CCCC1. The summed E-state index contributed by atoms with van der Waals surface area (Å²) in [5.41, 5.74) is 4.88. The van der Waals surface area contributed by atoms with Crippen molar-refractivity contribution < 1.29 is 9.59 Å². The minimum absolute atomic E-state index is 0.0160. The highest BCUT2D eigenvalue weighted by molar-refractivity contribution is 5.89. The van der Waals surface area contributed by atoms with Gasteiger partial charge in [-0.1, -0.05) is 6.92 Å². The van der Waals surface area contributed by atoms with Crippen molar-refractivity contribution in [2.24, 2.45) is 5.73 Å². The van der Waals surface area contributed by atoms with Gasteiger partial charge in [0, 0.05) is 13.1 Å². The van der Waals surface area contributed by atoms with Gasteiger partial charge in [0.25, 0.3) is 0 Å². The predicted molar refractivity (Wildman–Crippen MR) is 61.7 cm³/mol. The molecular weight excluding hydrogens is 206 g/mol. The maximum Gasteiger partial charge on any atom is 0.241 e. The first-order chi connectivity index (χ1) is 7.47. The number of likely N-dealkylation sites (tertiary alicyclic amines) is 1. The van der Waals surface area contributed by atoms with E-state index in [9.17, 15) is 9.59 Å². The van der Waals surface area contributed by atoms with Gasteiger partial charge in [0.15, 0.2) is 0 Å². The number of hydrogen-bond acceptors (Lipinski definition) is 3. The summed E-state index contributed by atoms with van der Waals surface area (Å²) in [7, 11) is 0. The lowest BCUT2D eigenvalue weighted by molar-refractivity contribution is -0.133. The number of nitrogens with one attached hydrogen (secondary N) is 1. The van der Waals surface area contributed by atoms with Gasteiger partial charge in [-0.15, -0.1) is 0 Å². The predicted octanol–water partition coefficient (Wildman–Crippen LogP) is -0.148. The van der Waals surface area contributed by atoms with Crippen LogP contribution in [0.5, 0.6) is 0 Å². The maximum atomic E-state index is 11.6. The number of rotatable bonds is 4. The Morgan fingerprint density at radius 1 is 1.38 bits per heavy atom. The van der Waals surface area contributed by atoms with E-state index in [0.29, 0.717) is 6.42 Å². The van der Waals surface area contributed by atoms with Gasteiger partial charge in [-0.25, -0.2) is 0 Å². The Morgan fingerprint density at radius 2 is 1.94 bits per heavy atom. The summed E-state index contributed by atoms with van der Waals surface area (Å²) < 4.78 is 0. The fraction of sp³-hybridized carbons (Fsp3) is 0.818. The molecule has 0 radical (unpaired) electrons. The molecule has 2 amide bonds. The van der Waals surface area contributed by atoms with Crippen LogP contribution < -0.4 is 11.1 Å². The van der Waals surface area contributed by atoms with E-state index in [1.165, 1.54) is 0 Å². The largest absolute Gasteiger partial charge is 0.345 e. The Hall–Kier alpha value is -1.10. The standard InChI is InChI=1S/C11H21N3O2/c1-3-11(2,12)10(16)13-8-9(15)14-6-4-5-7-14/h3-8,12H2,1-2H3,(H,13,16). The Morgan fingerprint density at radius 3 is 2.44 bits per heavy atom. The lowest BCUT2D eigenvalue weighted by Gasteiger charge is -2.22. The van der Waals surface area contributed by atoms with Crippen molar-refractivity contribution in [3.8, 4) is 0 Å². The highest BCUT2D eigenvalue weighted by Crippen LogP contribution is 2.07. The van der Waals surface area contributed by atoms with Crippen molar-refractivity contribution in [2.75, 3.05) is 19.6 Å². The Balaban J connectivity index is 2.34. The van der Waals surface area contributed by atoms with E-state index in [1.807, 2.05) is 6.92 Å². The van der Waals surface area contributed by atoms with E-state index in [-0.39, 0.29) is 18.4 Å². The van der Waals surface area contributed by atoms with Crippen LogP contribution in [0.1, 0.15) is 33.1 Å². The summed E-state index contributed by atoms with van der Waals surface area (Å²) in [4.78, 5) is 25.0. The smallest absolute Gasteiger partial charge is 0.241 e. The number of nitrogens with zero attached hydrogens (tertiary/aromatic N) is 1. The van der Waals surface area contributed by atoms with Gasteiger partial charge in [-0.05, 0) is 26.2 Å². The molecule has 16 heavy (non-hydrogen) atoms. The molecule has 1 atom stereocenters. The highest BCUT2D eigenvalue weighted by Gasteiger charge is 2.27. The highest BCUT2D eigenvalue weighted by atomic mass is 16.2. The zero-order chi connectivity index (χ0) is 12.2. The van der Waals surface area contributed by atoms with Crippen LogP contribution in [0.15, 0.2) is 0 Å². The van der Waals surface area contributed by atoms with Crippen molar-refractivity contribution >= 4 is 11.8 Å². The molecule has 0 bridgehead atoms. The monoisotopic (exact) mass is 227 g/mol. The van der Waals surface area contributed by atoms with E-state index in [1.54, 1.807) is 11.8 Å². The van der Waals surface area contributed by atoms with Gasteiger partial charge in [0.2, 0.25) is 11.8 Å². The molecule has 0 aromatic carbocycles. The summed E-state index contributed by atoms with van der Waals surface area (Å²) in [6, 6.07) is 0. The van der Waals surface area contributed by atoms with Crippen molar-refractivity contribution in [3.05, 3.63) is 0 Å². The molecule has 1 fully saturated rings. The summed E-state index contributed by atoms with van der Waals surface area (Å²) in [6.45, 7) is 5.20. The molecule has 5 heteroatoms. The third kappa shape index (κ3) is 3.20. The number of hydrogen-bond donors (Lipinski definition) is 2.